The number of phenolic OH excluding ortho intramolecular Hbond substituents is 1. The van der Waals surface area contributed by atoms with E-state index in [-0.39, 0.29) is 62.1 Å². The zero-order valence-corrected chi connectivity index (χ0v) is 36.1. The molecular weight excluding hydrogens is 919 g/mol. The van der Waals surface area contributed by atoms with Crippen LogP contribution in [0.25, 0.3) is 0 Å². The third-order valence-electron chi connectivity index (χ3n) is 9.02. The van der Waals surface area contributed by atoms with Gasteiger partial charge in [0, 0.05) is 47.9 Å². The number of halogens is 7. The smallest absolute Gasteiger partial charge is 0.446 e. The molecule has 1 N–H and O–H groups in total. The lowest BCUT2D eigenvalue weighted by Gasteiger charge is -2.26. The van der Waals surface area contributed by atoms with Crippen molar-refractivity contribution in [3.05, 3.63) is 177 Å². The predicted molar refractivity (Wildman–Crippen MR) is 225 cm³/mol. The van der Waals surface area contributed by atoms with Crippen LogP contribution in [0.4, 0.5) is 22.0 Å². The summed E-state index contributed by atoms with van der Waals surface area (Å²) in [5.74, 6) is -2.32. The van der Waals surface area contributed by atoms with Crippen molar-refractivity contribution in [2.24, 2.45) is 0 Å². The van der Waals surface area contributed by atoms with E-state index in [0.29, 0.717) is 16.7 Å². The number of sulfonamides is 1. The molecule has 0 atom stereocenters. The quantitative estimate of drug-likeness (QED) is 0.0798. The molecule has 0 saturated heterocycles. The van der Waals surface area contributed by atoms with Crippen molar-refractivity contribution in [3.63, 3.8) is 0 Å². The summed E-state index contributed by atoms with van der Waals surface area (Å²) in [6, 6.07) is 27.4. The number of amides is 1. The van der Waals surface area contributed by atoms with E-state index in [2.05, 4.69) is 0 Å². The Morgan fingerprint density at radius 1 is 0.694 bits per heavy atom. The Bertz CT molecular complexity index is 2820. The lowest BCUT2D eigenvalue weighted by molar-refractivity contribution is -0.0328. The first-order valence-electron chi connectivity index (χ1n) is 18.1. The number of aromatic hydroxyl groups is 1. The molecule has 62 heavy (non-hydrogen) atoms. The monoisotopic (exact) mass is 950 g/mol. The number of thioether (sulfide) groups is 1. The molecule has 0 aliphatic rings. The average Bonchev–Trinajstić information content (AvgIpc) is 3.19. The van der Waals surface area contributed by atoms with Gasteiger partial charge in [0.1, 0.15) is 28.0 Å². The van der Waals surface area contributed by atoms with Crippen molar-refractivity contribution in [1.29, 1.82) is 0 Å². The van der Waals surface area contributed by atoms with Crippen molar-refractivity contribution >= 4 is 60.7 Å². The zero-order valence-electron chi connectivity index (χ0n) is 32.1. The summed E-state index contributed by atoms with van der Waals surface area (Å²) >= 11 is 11.9. The van der Waals surface area contributed by atoms with Gasteiger partial charge in [0.25, 0.3) is 5.91 Å². The highest BCUT2D eigenvalue weighted by atomic mass is 35.5. The fraction of sp³-hybridized carbons (Fsp3) is 0.140. The summed E-state index contributed by atoms with van der Waals surface area (Å²) in [7, 11) is -8.25. The number of alkyl halides is 3. The molecule has 19 heteroatoms. The summed E-state index contributed by atoms with van der Waals surface area (Å²) < 4.78 is 128. The molecule has 6 aromatic rings. The van der Waals surface area contributed by atoms with Gasteiger partial charge in [0.15, 0.2) is 15.6 Å². The van der Waals surface area contributed by atoms with Gasteiger partial charge in [0.2, 0.25) is 10.0 Å². The van der Waals surface area contributed by atoms with E-state index in [1.165, 1.54) is 83.8 Å². The molecule has 0 saturated carbocycles. The Hall–Kier alpha value is -5.17. The van der Waals surface area contributed by atoms with Crippen molar-refractivity contribution in [2.75, 3.05) is 6.26 Å². The van der Waals surface area contributed by atoms with Crippen LogP contribution in [-0.2, 0) is 46.0 Å². The molecular formula is C43H33Cl2F5N2O7S3. The maximum Gasteiger partial charge on any atom is 0.446 e. The average molecular weight is 952 g/mol. The van der Waals surface area contributed by atoms with Gasteiger partial charge in [-0.1, -0.05) is 59.6 Å². The van der Waals surface area contributed by atoms with Crippen LogP contribution in [0.5, 0.6) is 17.2 Å². The molecule has 9 nitrogen and oxygen atoms in total. The van der Waals surface area contributed by atoms with E-state index in [4.69, 9.17) is 27.9 Å². The number of phenols is 1. The number of hydrogen-bond donors (Lipinski definition) is 1. The van der Waals surface area contributed by atoms with Gasteiger partial charge >= 0.3 is 5.51 Å². The van der Waals surface area contributed by atoms with Crippen LogP contribution >= 0.6 is 35.0 Å². The molecule has 0 bridgehead atoms. The van der Waals surface area contributed by atoms with E-state index >= 15 is 0 Å². The third-order valence-corrected chi connectivity index (χ3v) is 13.2. The predicted octanol–water partition coefficient (Wildman–Crippen LogP) is 11.0. The second kappa shape index (κ2) is 19.1. The second-order valence-corrected chi connectivity index (χ2v) is 19.7. The molecule has 1 amide bonds. The van der Waals surface area contributed by atoms with E-state index in [0.717, 1.165) is 53.0 Å². The number of rotatable bonds is 15. The van der Waals surface area contributed by atoms with E-state index < -0.39 is 71.9 Å². The number of carbonyl (C=O) groups is 1. The Morgan fingerprint density at radius 3 is 1.85 bits per heavy atom. The Morgan fingerprint density at radius 2 is 1.24 bits per heavy atom. The molecule has 0 heterocycles. The van der Waals surface area contributed by atoms with Crippen LogP contribution in [0, 0.1) is 11.6 Å². The molecule has 0 aromatic heterocycles. The summed E-state index contributed by atoms with van der Waals surface area (Å²) in [5, 5.41) is 10.4. The van der Waals surface area contributed by atoms with Gasteiger partial charge in [-0.15, -0.1) is 0 Å². The van der Waals surface area contributed by atoms with Crippen LogP contribution < -0.4 is 4.74 Å². The largest absolute Gasteiger partial charge is 0.505 e. The first-order chi connectivity index (χ1) is 29.1. The lowest BCUT2D eigenvalue weighted by Crippen LogP contribution is -2.31. The van der Waals surface area contributed by atoms with E-state index in [1.54, 1.807) is 6.07 Å². The molecule has 0 aliphatic heterocycles. The third kappa shape index (κ3) is 12.3. The fourth-order valence-electron chi connectivity index (χ4n) is 6.20. The van der Waals surface area contributed by atoms with E-state index in [1.807, 2.05) is 0 Å². The van der Waals surface area contributed by atoms with Gasteiger partial charge in [-0.05, 0) is 125 Å². The second-order valence-electron chi connectivity index (χ2n) is 13.8. The van der Waals surface area contributed by atoms with Gasteiger partial charge < -0.3 is 14.7 Å². The van der Waals surface area contributed by atoms with Crippen molar-refractivity contribution in [3.8, 4) is 17.2 Å². The summed E-state index contributed by atoms with van der Waals surface area (Å²) in [4.78, 5) is 14.7. The number of benzene rings is 6. The summed E-state index contributed by atoms with van der Waals surface area (Å²) in [6.45, 7) is -1.22. The minimum Gasteiger partial charge on any atom is -0.505 e. The van der Waals surface area contributed by atoms with Gasteiger partial charge in [-0.3, -0.25) is 4.79 Å². The van der Waals surface area contributed by atoms with Crippen LogP contribution in [0.2, 0.25) is 10.0 Å². The highest BCUT2D eigenvalue weighted by Gasteiger charge is 2.31. The molecule has 324 valence electrons. The standard InChI is InChI=1S/C43H33Cl2F5N2O7S3/c1-61(55,56)38-15-7-27(8-16-38)23-51(42(54)31-3-2-4-37(20-31)60-43(48,49)50)24-29-17-30(19-36(18-29)59-35-13-11-34(47)12-14-35)26-52(25-28-5-9-33(46)10-6-28)62(57,58)40-22-32(44)21-39(45)41(40)53/h2-22,53H,23-26H2,1H3. The number of carbonyl (C=O) groups excluding carboxylic acids is 1. The van der Waals surface area contributed by atoms with Crippen molar-refractivity contribution in [1.82, 2.24) is 9.21 Å². The molecule has 0 fully saturated rings. The molecule has 0 spiro atoms. The highest BCUT2D eigenvalue weighted by Crippen LogP contribution is 2.39. The number of hydrogen-bond acceptors (Lipinski definition) is 8. The number of nitrogens with zero attached hydrogens (tertiary/aromatic N) is 2. The minimum atomic E-state index is -4.67. The Labute approximate surface area is 368 Å². The number of ether oxygens (including phenoxy) is 1. The van der Waals surface area contributed by atoms with Crippen LogP contribution in [0.1, 0.15) is 32.6 Å². The maximum atomic E-state index is 14.4. The van der Waals surface area contributed by atoms with Gasteiger partial charge in [-0.2, -0.15) is 17.5 Å². The molecule has 0 radical (unpaired) electrons. The zero-order chi connectivity index (χ0) is 45.0. The summed E-state index contributed by atoms with van der Waals surface area (Å²) in [5.41, 5.74) is -3.34. The summed E-state index contributed by atoms with van der Waals surface area (Å²) in [6.07, 6.45) is 1.03. The first kappa shape index (κ1) is 46.3. The lowest BCUT2D eigenvalue weighted by atomic mass is 10.1. The van der Waals surface area contributed by atoms with Crippen LogP contribution in [-0.4, -0.2) is 48.8 Å². The molecule has 0 aliphatic carbocycles. The molecule has 0 unspecified atom stereocenters. The van der Waals surface area contributed by atoms with Crippen LogP contribution in [0.3, 0.4) is 0 Å². The Kier molecular flexibility index (Phi) is 14.2. The topological polar surface area (TPSA) is 121 Å². The minimum absolute atomic E-state index is 0.0137. The maximum absolute atomic E-state index is 14.4. The van der Waals surface area contributed by atoms with Crippen LogP contribution in [0.15, 0.2) is 142 Å². The highest BCUT2D eigenvalue weighted by molar-refractivity contribution is 8.00. The Balaban J connectivity index is 1.45. The number of sulfone groups is 1. The first-order valence-corrected chi connectivity index (χ1v) is 23.0. The normalized spacial score (nSPS) is 12.1. The SMILES string of the molecule is CS(=O)(=O)c1ccc(CN(Cc2cc(CN(Cc3ccc(F)cc3)S(=O)(=O)c3cc(Cl)cc(Cl)c3O)cc(Oc3ccc(F)cc3)c2)C(=O)c2cccc(SC(F)(F)F)c2)cc1. The van der Waals surface area contributed by atoms with E-state index in [9.17, 15) is 48.7 Å². The van der Waals surface area contributed by atoms with Gasteiger partial charge in [-0.25, -0.2) is 25.6 Å². The van der Waals surface area contributed by atoms with Crippen molar-refractivity contribution in [2.45, 2.75) is 46.4 Å². The fourth-order valence-corrected chi connectivity index (χ4v) is 9.59. The van der Waals surface area contributed by atoms with Crippen molar-refractivity contribution < 1.29 is 53.4 Å². The molecule has 6 rings (SSSR count). The molecule has 6 aromatic carbocycles. The van der Waals surface area contributed by atoms with Gasteiger partial charge in [0.05, 0.1) is 9.92 Å².